The third-order valence-electron chi connectivity index (χ3n) is 3.31. The molecule has 0 spiro atoms. The lowest BCUT2D eigenvalue weighted by atomic mass is 10.1. The van der Waals surface area contributed by atoms with Gasteiger partial charge in [0, 0.05) is 17.0 Å². The van der Waals surface area contributed by atoms with E-state index in [9.17, 15) is 9.59 Å². The second-order valence-electron chi connectivity index (χ2n) is 4.94. The Morgan fingerprint density at radius 1 is 1.17 bits per heavy atom. The molecule has 2 amide bonds. The molecule has 0 saturated heterocycles. The van der Waals surface area contributed by atoms with Crippen molar-refractivity contribution in [3.8, 4) is 5.75 Å². The largest absolute Gasteiger partial charge is 0.496 e. The Morgan fingerprint density at radius 2 is 1.92 bits per heavy atom. The van der Waals surface area contributed by atoms with Crippen LogP contribution in [0.15, 0.2) is 42.5 Å². The molecule has 0 radical (unpaired) electrons. The minimum absolute atomic E-state index is 0.226. The van der Waals surface area contributed by atoms with Crippen molar-refractivity contribution < 1.29 is 14.3 Å². The molecule has 2 aromatic carbocycles. The Morgan fingerprint density at radius 3 is 2.58 bits per heavy atom. The number of hydrogen-bond acceptors (Lipinski definition) is 3. The second-order valence-corrected chi connectivity index (χ2v) is 6.51. The zero-order valence-electron chi connectivity index (χ0n) is 12.9. The number of methoxy groups -OCH3 is 1. The molecule has 0 atom stereocenters. The molecule has 126 valence electrons. The van der Waals surface area contributed by atoms with Gasteiger partial charge in [-0.15, -0.1) is 0 Å². The van der Waals surface area contributed by atoms with Crippen molar-refractivity contribution in [3.05, 3.63) is 62.2 Å². The Kier molecular flexibility index (Phi) is 6.86. The fourth-order valence-corrected chi connectivity index (χ4v) is 2.98. The number of hydrazine groups is 1. The molecule has 0 saturated carbocycles. The summed E-state index contributed by atoms with van der Waals surface area (Å²) >= 11 is 8.12. The molecule has 0 unspecified atom stereocenters. The van der Waals surface area contributed by atoms with Crippen LogP contribution >= 0.6 is 34.2 Å². The molecule has 0 fully saturated rings. The molecule has 0 aromatic heterocycles. The van der Waals surface area contributed by atoms with E-state index >= 15 is 0 Å². The number of hydrogen-bond donors (Lipinski definition) is 2. The van der Waals surface area contributed by atoms with Crippen LogP contribution in [0.4, 0.5) is 0 Å². The maximum atomic E-state index is 12.0. The zero-order valence-corrected chi connectivity index (χ0v) is 15.8. The van der Waals surface area contributed by atoms with Crippen LogP contribution in [0.25, 0.3) is 0 Å². The average molecular weight is 459 g/mol. The molecular formula is C17H16ClIN2O3. The lowest BCUT2D eigenvalue weighted by molar-refractivity contribution is -0.121. The molecule has 0 aliphatic carbocycles. The third-order valence-corrected chi connectivity index (χ3v) is 4.52. The van der Waals surface area contributed by atoms with Gasteiger partial charge in [-0.05, 0) is 58.8 Å². The first-order valence-electron chi connectivity index (χ1n) is 7.17. The van der Waals surface area contributed by atoms with E-state index in [1.807, 2.05) is 18.2 Å². The van der Waals surface area contributed by atoms with Crippen molar-refractivity contribution in [3.63, 3.8) is 0 Å². The van der Waals surface area contributed by atoms with Crippen LogP contribution in [0.3, 0.4) is 0 Å². The van der Waals surface area contributed by atoms with E-state index in [2.05, 4.69) is 33.4 Å². The summed E-state index contributed by atoms with van der Waals surface area (Å²) in [7, 11) is 1.57. The number of nitrogens with one attached hydrogen (secondary N) is 2. The first-order valence-corrected chi connectivity index (χ1v) is 8.63. The predicted octanol–water partition coefficient (Wildman–Crippen LogP) is 3.35. The molecule has 2 N–H and O–H groups in total. The van der Waals surface area contributed by atoms with Crippen molar-refractivity contribution in [1.29, 1.82) is 0 Å². The second kappa shape index (κ2) is 8.89. The highest BCUT2D eigenvalue weighted by Gasteiger charge is 2.10. The summed E-state index contributed by atoms with van der Waals surface area (Å²) in [5.41, 5.74) is 6.13. The van der Waals surface area contributed by atoms with Crippen molar-refractivity contribution in [2.75, 3.05) is 7.11 Å². The molecule has 2 aromatic rings. The fourth-order valence-electron chi connectivity index (χ4n) is 2.02. The summed E-state index contributed by atoms with van der Waals surface area (Å²) in [5.74, 6) is 0.0177. The highest BCUT2D eigenvalue weighted by atomic mass is 127. The molecule has 24 heavy (non-hydrogen) atoms. The van der Waals surface area contributed by atoms with Crippen molar-refractivity contribution in [2.45, 2.75) is 12.8 Å². The van der Waals surface area contributed by atoms with Crippen molar-refractivity contribution in [2.24, 2.45) is 0 Å². The van der Waals surface area contributed by atoms with E-state index in [1.54, 1.807) is 31.4 Å². The Labute approximate surface area is 158 Å². The molecule has 0 heterocycles. The SMILES string of the molecule is COc1ccc(C(=O)NNC(=O)CCc2ccccc2Cl)cc1I. The van der Waals surface area contributed by atoms with Crippen LogP contribution < -0.4 is 15.6 Å². The number of benzene rings is 2. The minimum Gasteiger partial charge on any atom is -0.496 e. The van der Waals surface area contributed by atoms with Gasteiger partial charge in [-0.3, -0.25) is 20.4 Å². The normalized spacial score (nSPS) is 10.1. The first kappa shape index (κ1) is 18.5. The molecule has 2 rings (SSSR count). The summed E-state index contributed by atoms with van der Waals surface area (Å²) in [5, 5.41) is 0.627. The smallest absolute Gasteiger partial charge is 0.269 e. The molecule has 0 bridgehead atoms. The van der Waals surface area contributed by atoms with Gasteiger partial charge < -0.3 is 4.74 Å². The highest BCUT2D eigenvalue weighted by molar-refractivity contribution is 14.1. The lowest BCUT2D eigenvalue weighted by Crippen LogP contribution is -2.41. The zero-order chi connectivity index (χ0) is 17.5. The van der Waals surface area contributed by atoms with Gasteiger partial charge >= 0.3 is 0 Å². The van der Waals surface area contributed by atoms with Gasteiger partial charge in [0.15, 0.2) is 0 Å². The maximum absolute atomic E-state index is 12.0. The standard InChI is InChI=1S/C17H16ClIN2O3/c1-24-15-8-6-12(10-14(15)19)17(23)21-20-16(22)9-7-11-4-2-3-5-13(11)18/h2-6,8,10H,7,9H2,1H3,(H,20,22)(H,21,23). The fraction of sp³-hybridized carbons (Fsp3) is 0.176. The predicted molar refractivity (Wildman–Crippen MR) is 101 cm³/mol. The van der Waals surface area contributed by atoms with E-state index in [0.29, 0.717) is 22.8 Å². The number of aryl methyl sites for hydroxylation is 1. The van der Waals surface area contributed by atoms with Gasteiger partial charge in [0.05, 0.1) is 10.7 Å². The van der Waals surface area contributed by atoms with Gasteiger partial charge in [0.1, 0.15) is 5.75 Å². The molecule has 5 nitrogen and oxygen atoms in total. The monoisotopic (exact) mass is 458 g/mol. The van der Waals surface area contributed by atoms with Crippen molar-refractivity contribution >= 4 is 46.0 Å². The number of amides is 2. The quantitative estimate of drug-likeness (QED) is 0.533. The van der Waals surface area contributed by atoms with E-state index < -0.39 is 0 Å². The van der Waals surface area contributed by atoms with E-state index in [1.165, 1.54) is 0 Å². The summed E-state index contributed by atoms with van der Waals surface area (Å²) in [4.78, 5) is 23.9. The van der Waals surface area contributed by atoms with E-state index in [-0.39, 0.29) is 18.2 Å². The number of halogens is 2. The van der Waals surface area contributed by atoms with E-state index in [0.717, 1.165) is 9.13 Å². The van der Waals surface area contributed by atoms with Crippen LogP contribution in [-0.2, 0) is 11.2 Å². The number of carbonyl (C=O) groups excluding carboxylic acids is 2. The van der Waals surface area contributed by atoms with Gasteiger partial charge in [0.25, 0.3) is 5.91 Å². The summed E-state index contributed by atoms with van der Waals surface area (Å²) in [6.07, 6.45) is 0.728. The van der Waals surface area contributed by atoms with Crippen LogP contribution in [-0.4, -0.2) is 18.9 Å². The van der Waals surface area contributed by atoms with Gasteiger partial charge in [0.2, 0.25) is 5.91 Å². The molecule has 0 aliphatic heterocycles. The van der Waals surface area contributed by atoms with Crippen molar-refractivity contribution in [1.82, 2.24) is 10.9 Å². The molecule has 0 aliphatic rings. The number of ether oxygens (including phenoxy) is 1. The van der Waals surface area contributed by atoms with Crippen LogP contribution in [0.5, 0.6) is 5.75 Å². The molecule has 7 heteroatoms. The Hall–Kier alpha value is -1.80. The summed E-state index contributed by atoms with van der Waals surface area (Å²) in [6, 6.07) is 12.4. The topological polar surface area (TPSA) is 67.4 Å². The van der Waals surface area contributed by atoms with E-state index in [4.69, 9.17) is 16.3 Å². The van der Waals surface area contributed by atoms with Gasteiger partial charge in [-0.1, -0.05) is 29.8 Å². The van der Waals surface area contributed by atoms with Crippen LogP contribution in [0.1, 0.15) is 22.3 Å². The van der Waals surface area contributed by atoms with Gasteiger partial charge in [-0.25, -0.2) is 0 Å². The number of carbonyl (C=O) groups is 2. The summed E-state index contributed by atoms with van der Waals surface area (Å²) in [6.45, 7) is 0. The Bertz CT molecular complexity index is 752. The first-order chi connectivity index (χ1) is 11.5. The Balaban J connectivity index is 1.84. The highest BCUT2D eigenvalue weighted by Crippen LogP contribution is 2.21. The third kappa shape index (κ3) is 5.10. The number of rotatable bonds is 5. The maximum Gasteiger partial charge on any atom is 0.269 e. The lowest BCUT2D eigenvalue weighted by Gasteiger charge is -2.09. The van der Waals surface area contributed by atoms with Crippen LogP contribution in [0.2, 0.25) is 5.02 Å². The summed E-state index contributed by atoms with van der Waals surface area (Å²) < 4.78 is 5.95. The average Bonchev–Trinajstić information content (AvgIpc) is 2.58. The minimum atomic E-state index is -0.387. The van der Waals surface area contributed by atoms with Crippen LogP contribution in [0, 0.1) is 3.57 Å². The molecular weight excluding hydrogens is 443 g/mol. The van der Waals surface area contributed by atoms with Gasteiger partial charge in [-0.2, -0.15) is 0 Å².